The predicted octanol–water partition coefficient (Wildman–Crippen LogP) is 2.43. The van der Waals surface area contributed by atoms with E-state index < -0.39 is 0 Å². The van der Waals surface area contributed by atoms with Crippen LogP contribution in [-0.4, -0.2) is 5.78 Å². The van der Waals surface area contributed by atoms with Crippen LogP contribution in [0.4, 0.5) is 5.69 Å². The third-order valence-corrected chi connectivity index (χ3v) is 2.54. The van der Waals surface area contributed by atoms with Gasteiger partial charge in [0.1, 0.15) is 5.78 Å². The zero-order valence-corrected chi connectivity index (χ0v) is 8.79. The monoisotopic (exact) mass is 191 g/mol. The van der Waals surface area contributed by atoms with Gasteiger partial charge < -0.3 is 5.73 Å². The van der Waals surface area contributed by atoms with Gasteiger partial charge in [-0.15, -0.1) is 0 Å². The van der Waals surface area contributed by atoms with Crippen molar-refractivity contribution in [2.24, 2.45) is 5.92 Å². The first kappa shape index (κ1) is 10.8. The van der Waals surface area contributed by atoms with Crippen molar-refractivity contribution < 1.29 is 4.79 Å². The molecule has 0 aliphatic carbocycles. The number of aryl methyl sites for hydroxylation is 1. The van der Waals surface area contributed by atoms with Gasteiger partial charge in [0.15, 0.2) is 0 Å². The smallest absolute Gasteiger partial charge is 0.132 e. The van der Waals surface area contributed by atoms with Crippen LogP contribution in [0.5, 0.6) is 0 Å². The Kier molecular flexibility index (Phi) is 3.69. The van der Waals surface area contributed by atoms with E-state index in [0.29, 0.717) is 0 Å². The van der Waals surface area contributed by atoms with Gasteiger partial charge >= 0.3 is 0 Å². The fraction of sp³-hybridized carbons (Fsp3) is 0.417. The molecule has 1 atom stereocenters. The summed E-state index contributed by atoms with van der Waals surface area (Å²) in [6.07, 6.45) is 1.86. The molecule has 1 rings (SSSR count). The van der Waals surface area contributed by atoms with Crippen molar-refractivity contribution in [1.82, 2.24) is 0 Å². The summed E-state index contributed by atoms with van der Waals surface area (Å²) in [5.41, 5.74) is 7.61. The lowest BCUT2D eigenvalue weighted by molar-refractivity contribution is -0.120. The molecule has 2 nitrogen and oxygen atoms in total. The standard InChI is InChI=1S/C12H17NO/c1-9(10(2)14)3-4-11-5-7-12(13)8-6-11/h5-9H,3-4,13H2,1-2H3. The number of nitrogens with two attached hydrogens (primary N) is 1. The second-order valence-electron chi connectivity index (χ2n) is 3.79. The van der Waals surface area contributed by atoms with E-state index in [4.69, 9.17) is 5.73 Å². The van der Waals surface area contributed by atoms with Crippen LogP contribution in [0, 0.1) is 5.92 Å². The van der Waals surface area contributed by atoms with E-state index >= 15 is 0 Å². The highest BCUT2D eigenvalue weighted by molar-refractivity contribution is 5.77. The molecular weight excluding hydrogens is 174 g/mol. The van der Waals surface area contributed by atoms with E-state index in [-0.39, 0.29) is 11.7 Å². The molecule has 1 aromatic rings. The lowest BCUT2D eigenvalue weighted by Gasteiger charge is -2.07. The first-order valence-electron chi connectivity index (χ1n) is 4.94. The summed E-state index contributed by atoms with van der Waals surface area (Å²) in [6.45, 7) is 3.62. The highest BCUT2D eigenvalue weighted by Crippen LogP contribution is 2.12. The van der Waals surface area contributed by atoms with E-state index in [0.717, 1.165) is 18.5 Å². The Hall–Kier alpha value is -1.31. The average molecular weight is 191 g/mol. The zero-order valence-electron chi connectivity index (χ0n) is 8.79. The summed E-state index contributed by atoms with van der Waals surface area (Å²) in [4.78, 5) is 11.0. The summed E-state index contributed by atoms with van der Waals surface area (Å²) in [7, 11) is 0. The summed E-state index contributed by atoms with van der Waals surface area (Å²) < 4.78 is 0. The molecule has 2 N–H and O–H groups in total. The molecule has 0 heterocycles. The third kappa shape index (κ3) is 3.21. The Bertz CT molecular complexity index is 303. The molecular formula is C12H17NO. The van der Waals surface area contributed by atoms with Crippen molar-refractivity contribution in [2.45, 2.75) is 26.7 Å². The average Bonchev–Trinajstić information content (AvgIpc) is 2.16. The molecule has 0 aliphatic rings. The van der Waals surface area contributed by atoms with Crippen LogP contribution in [0.1, 0.15) is 25.8 Å². The lowest BCUT2D eigenvalue weighted by atomic mass is 9.98. The highest BCUT2D eigenvalue weighted by atomic mass is 16.1. The van der Waals surface area contributed by atoms with Gasteiger partial charge in [-0.1, -0.05) is 19.1 Å². The summed E-state index contributed by atoms with van der Waals surface area (Å²) in [5.74, 6) is 0.424. The Morgan fingerprint density at radius 1 is 1.36 bits per heavy atom. The minimum absolute atomic E-state index is 0.160. The number of anilines is 1. The molecule has 0 aromatic heterocycles. The maximum atomic E-state index is 11.0. The maximum Gasteiger partial charge on any atom is 0.132 e. The summed E-state index contributed by atoms with van der Waals surface area (Å²) >= 11 is 0. The molecule has 14 heavy (non-hydrogen) atoms. The number of rotatable bonds is 4. The minimum Gasteiger partial charge on any atom is -0.399 e. The molecule has 0 saturated carbocycles. The zero-order chi connectivity index (χ0) is 10.6. The van der Waals surface area contributed by atoms with Crippen LogP contribution in [-0.2, 0) is 11.2 Å². The number of nitrogen functional groups attached to an aromatic ring is 1. The second kappa shape index (κ2) is 4.80. The second-order valence-corrected chi connectivity index (χ2v) is 3.79. The Morgan fingerprint density at radius 2 is 1.93 bits per heavy atom. The van der Waals surface area contributed by atoms with Crippen LogP contribution in [0.15, 0.2) is 24.3 Å². The fourth-order valence-electron chi connectivity index (χ4n) is 1.27. The summed E-state index contributed by atoms with van der Waals surface area (Å²) in [5, 5.41) is 0. The number of carbonyl (C=O) groups is 1. The fourth-order valence-corrected chi connectivity index (χ4v) is 1.27. The summed E-state index contributed by atoms with van der Waals surface area (Å²) in [6, 6.07) is 7.83. The molecule has 0 radical (unpaired) electrons. The van der Waals surface area contributed by atoms with Crippen LogP contribution < -0.4 is 5.73 Å². The molecule has 1 aromatic carbocycles. The lowest BCUT2D eigenvalue weighted by Crippen LogP contribution is -2.07. The number of hydrogen-bond acceptors (Lipinski definition) is 2. The maximum absolute atomic E-state index is 11.0. The van der Waals surface area contributed by atoms with Crippen molar-refractivity contribution >= 4 is 11.5 Å². The van der Waals surface area contributed by atoms with Crippen molar-refractivity contribution in [3.05, 3.63) is 29.8 Å². The number of benzene rings is 1. The van der Waals surface area contributed by atoms with Gasteiger partial charge in [0.2, 0.25) is 0 Å². The molecule has 0 amide bonds. The number of Topliss-reactive ketones (excluding diaryl/α,β-unsaturated/α-hetero) is 1. The normalized spacial score (nSPS) is 12.4. The van der Waals surface area contributed by atoms with Crippen molar-refractivity contribution in [2.75, 3.05) is 5.73 Å². The van der Waals surface area contributed by atoms with Gasteiger partial charge in [-0.2, -0.15) is 0 Å². The van der Waals surface area contributed by atoms with Crippen LogP contribution in [0.25, 0.3) is 0 Å². The van der Waals surface area contributed by atoms with Crippen molar-refractivity contribution in [3.63, 3.8) is 0 Å². The molecule has 0 spiro atoms. The van der Waals surface area contributed by atoms with E-state index in [1.807, 2.05) is 31.2 Å². The topological polar surface area (TPSA) is 43.1 Å². The number of ketones is 1. The van der Waals surface area contributed by atoms with E-state index in [1.54, 1.807) is 6.92 Å². The molecule has 0 saturated heterocycles. The van der Waals surface area contributed by atoms with Gasteiger partial charge in [0.05, 0.1) is 0 Å². The van der Waals surface area contributed by atoms with Crippen molar-refractivity contribution in [1.29, 1.82) is 0 Å². The Morgan fingerprint density at radius 3 is 2.43 bits per heavy atom. The van der Waals surface area contributed by atoms with Crippen LogP contribution >= 0.6 is 0 Å². The Balaban J connectivity index is 2.46. The van der Waals surface area contributed by atoms with Gasteiger partial charge in [-0.05, 0) is 37.5 Å². The first-order chi connectivity index (χ1) is 6.59. The quantitative estimate of drug-likeness (QED) is 0.743. The Labute approximate surface area is 85.1 Å². The molecule has 0 aliphatic heterocycles. The van der Waals surface area contributed by atoms with Crippen LogP contribution in [0.2, 0.25) is 0 Å². The third-order valence-electron chi connectivity index (χ3n) is 2.54. The minimum atomic E-state index is 0.160. The van der Waals surface area contributed by atoms with Gasteiger partial charge in [-0.25, -0.2) is 0 Å². The predicted molar refractivity (Wildman–Crippen MR) is 59.0 cm³/mol. The molecule has 2 heteroatoms. The highest BCUT2D eigenvalue weighted by Gasteiger charge is 2.06. The number of carbonyl (C=O) groups excluding carboxylic acids is 1. The SMILES string of the molecule is CC(=O)C(C)CCc1ccc(N)cc1. The largest absolute Gasteiger partial charge is 0.399 e. The molecule has 0 fully saturated rings. The first-order valence-corrected chi connectivity index (χ1v) is 4.94. The van der Waals surface area contributed by atoms with E-state index in [9.17, 15) is 4.79 Å². The molecule has 76 valence electrons. The molecule has 0 bridgehead atoms. The van der Waals surface area contributed by atoms with E-state index in [1.165, 1.54) is 5.56 Å². The van der Waals surface area contributed by atoms with E-state index in [2.05, 4.69) is 0 Å². The number of hydrogen-bond donors (Lipinski definition) is 1. The van der Waals surface area contributed by atoms with Gasteiger partial charge in [-0.3, -0.25) is 4.79 Å². The molecule has 1 unspecified atom stereocenters. The van der Waals surface area contributed by atoms with Crippen LogP contribution in [0.3, 0.4) is 0 Å². The van der Waals surface area contributed by atoms with Crippen molar-refractivity contribution in [3.8, 4) is 0 Å². The van der Waals surface area contributed by atoms with Gasteiger partial charge in [0, 0.05) is 11.6 Å². The van der Waals surface area contributed by atoms with Gasteiger partial charge in [0.25, 0.3) is 0 Å².